The van der Waals surface area contributed by atoms with Gasteiger partial charge in [-0.05, 0) is 24.4 Å². The molecule has 0 heterocycles. The van der Waals surface area contributed by atoms with Crippen molar-refractivity contribution < 1.29 is 9.18 Å². The molecule has 0 atom stereocenters. The molecule has 0 fully saturated rings. The molecule has 0 saturated carbocycles. The summed E-state index contributed by atoms with van der Waals surface area (Å²) in [6.07, 6.45) is 0.343. The summed E-state index contributed by atoms with van der Waals surface area (Å²) in [4.78, 5) is 10.9. The summed E-state index contributed by atoms with van der Waals surface area (Å²) in [7, 11) is 0. The minimum Gasteiger partial charge on any atom is -0.329 e. The molecule has 86 valence electrons. The fourth-order valence-corrected chi connectivity index (χ4v) is 1.09. The summed E-state index contributed by atoms with van der Waals surface area (Å²) in [5, 5.41) is 2.75. The zero-order valence-electron chi connectivity index (χ0n) is 8.71. The van der Waals surface area contributed by atoms with Crippen LogP contribution in [0.4, 0.5) is 10.1 Å². The number of para-hydroxylation sites is 1. The van der Waals surface area contributed by atoms with E-state index in [1.165, 1.54) is 6.07 Å². The van der Waals surface area contributed by atoms with E-state index < -0.39 is 5.82 Å². The fourth-order valence-electron chi connectivity index (χ4n) is 0.931. The Balaban J connectivity index is 2.46. The average molecular weight is 241 g/mol. The first-order valence-electron chi connectivity index (χ1n) is 4.74. The van der Waals surface area contributed by atoms with Crippen molar-refractivity contribution in [2.24, 2.45) is 0 Å². The molecule has 0 bridgehead atoms. The third kappa shape index (κ3) is 3.82. The van der Waals surface area contributed by atoms with E-state index in [-0.39, 0.29) is 16.7 Å². The third-order valence-electron chi connectivity index (χ3n) is 1.76. The maximum atomic E-state index is 13.2. The standard InChI is InChI=1S/C10H12FN3OS/c1-2-9(15)13-14-10(16)12-8-6-4-3-5-7(8)11/h3-6H,2H2,1H3,(H,13,15)(H2,12,14,16). The number of carbonyl (C=O) groups excluding carboxylic acids is 1. The highest BCUT2D eigenvalue weighted by atomic mass is 32.1. The van der Waals surface area contributed by atoms with Crippen molar-refractivity contribution in [3.8, 4) is 0 Å². The normalized spacial score (nSPS) is 9.38. The number of thiocarbonyl (C=S) groups is 1. The number of amides is 1. The highest BCUT2D eigenvalue weighted by molar-refractivity contribution is 7.80. The number of hydrogen-bond acceptors (Lipinski definition) is 2. The van der Waals surface area contributed by atoms with Gasteiger partial charge in [-0.25, -0.2) is 4.39 Å². The van der Waals surface area contributed by atoms with E-state index >= 15 is 0 Å². The lowest BCUT2D eigenvalue weighted by Gasteiger charge is -2.11. The maximum absolute atomic E-state index is 13.2. The Kier molecular flexibility index (Phi) is 4.65. The molecular formula is C10H12FN3OS. The van der Waals surface area contributed by atoms with Gasteiger partial charge >= 0.3 is 0 Å². The van der Waals surface area contributed by atoms with E-state index in [4.69, 9.17) is 12.2 Å². The van der Waals surface area contributed by atoms with Crippen LogP contribution in [-0.2, 0) is 4.79 Å². The van der Waals surface area contributed by atoms with Crippen molar-refractivity contribution in [2.75, 3.05) is 5.32 Å². The van der Waals surface area contributed by atoms with Crippen molar-refractivity contribution in [1.82, 2.24) is 10.9 Å². The van der Waals surface area contributed by atoms with Gasteiger partial charge in [0.25, 0.3) is 0 Å². The van der Waals surface area contributed by atoms with Crippen LogP contribution in [0.25, 0.3) is 0 Å². The van der Waals surface area contributed by atoms with Crippen LogP contribution in [-0.4, -0.2) is 11.0 Å². The lowest BCUT2D eigenvalue weighted by molar-refractivity contribution is -0.121. The van der Waals surface area contributed by atoms with Crippen LogP contribution in [0, 0.1) is 5.82 Å². The second kappa shape index (κ2) is 6.02. The van der Waals surface area contributed by atoms with E-state index in [0.717, 1.165) is 0 Å². The molecule has 0 aliphatic carbocycles. The molecule has 1 rings (SSSR count). The average Bonchev–Trinajstić information content (AvgIpc) is 2.29. The van der Waals surface area contributed by atoms with Crippen LogP contribution in [0.1, 0.15) is 13.3 Å². The predicted molar refractivity (Wildman–Crippen MR) is 64.2 cm³/mol. The molecule has 1 amide bonds. The maximum Gasteiger partial charge on any atom is 0.238 e. The van der Waals surface area contributed by atoms with Gasteiger partial charge in [0.1, 0.15) is 5.82 Å². The lowest BCUT2D eigenvalue weighted by atomic mass is 10.3. The zero-order valence-corrected chi connectivity index (χ0v) is 9.53. The molecule has 0 saturated heterocycles. The molecule has 6 heteroatoms. The van der Waals surface area contributed by atoms with Crippen LogP contribution in [0.5, 0.6) is 0 Å². The van der Waals surface area contributed by atoms with Crippen LogP contribution in [0.15, 0.2) is 24.3 Å². The van der Waals surface area contributed by atoms with Crippen molar-refractivity contribution in [2.45, 2.75) is 13.3 Å². The van der Waals surface area contributed by atoms with Gasteiger partial charge in [-0.15, -0.1) is 0 Å². The number of rotatable bonds is 2. The van der Waals surface area contributed by atoms with Crippen molar-refractivity contribution in [3.63, 3.8) is 0 Å². The highest BCUT2D eigenvalue weighted by Gasteiger charge is 2.03. The monoisotopic (exact) mass is 241 g/mol. The predicted octanol–water partition coefficient (Wildman–Crippen LogP) is 1.55. The number of benzene rings is 1. The Morgan fingerprint density at radius 1 is 1.38 bits per heavy atom. The minimum absolute atomic E-state index is 0.131. The first-order chi connectivity index (χ1) is 7.63. The molecule has 0 radical (unpaired) electrons. The second-order valence-corrected chi connectivity index (χ2v) is 3.37. The molecule has 0 aromatic heterocycles. The Labute approximate surface area is 98.2 Å². The van der Waals surface area contributed by atoms with E-state index in [1.54, 1.807) is 25.1 Å². The fraction of sp³-hybridized carbons (Fsp3) is 0.200. The quantitative estimate of drug-likeness (QED) is 0.543. The number of anilines is 1. The van der Waals surface area contributed by atoms with Gasteiger partial charge in [-0.1, -0.05) is 19.1 Å². The molecule has 0 unspecified atom stereocenters. The summed E-state index contributed by atoms with van der Waals surface area (Å²) < 4.78 is 13.2. The van der Waals surface area contributed by atoms with Crippen LogP contribution in [0.3, 0.4) is 0 Å². The van der Waals surface area contributed by atoms with E-state index in [9.17, 15) is 9.18 Å². The van der Waals surface area contributed by atoms with E-state index in [0.29, 0.717) is 6.42 Å². The van der Waals surface area contributed by atoms with Crippen LogP contribution < -0.4 is 16.2 Å². The summed E-state index contributed by atoms with van der Waals surface area (Å²) >= 11 is 4.86. The summed E-state index contributed by atoms with van der Waals surface area (Å²) in [5.74, 6) is -0.605. The molecule has 4 nitrogen and oxygen atoms in total. The largest absolute Gasteiger partial charge is 0.329 e. The van der Waals surface area contributed by atoms with Gasteiger partial charge in [0.05, 0.1) is 5.69 Å². The number of hydrazine groups is 1. The van der Waals surface area contributed by atoms with Gasteiger partial charge in [0.2, 0.25) is 5.91 Å². The number of hydrogen-bond donors (Lipinski definition) is 3. The Bertz CT molecular complexity index is 397. The van der Waals surface area contributed by atoms with E-state index in [2.05, 4.69) is 16.2 Å². The first-order valence-corrected chi connectivity index (χ1v) is 5.14. The molecule has 1 aromatic carbocycles. The molecule has 16 heavy (non-hydrogen) atoms. The van der Waals surface area contributed by atoms with Gasteiger partial charge in [0, 0.05) is 6.42 Å². The van der Waals surface area contributed by atoms with E-state index in [1.807, 2.05) is 0 Å². The second-order valence-electron chi connectivity index (χ2n) is 2.96. The smallest absolute Gasteiger partial charge is 0.238 e. The van der Waals surface area contributed by atoms with Gasteiger partial charge in [-0.3, -0.25) is 15.6 Å². The minimum atomic E-state index is -0.409. The molecule has 0 aliphatic heterocycles. The number of carbonyl (C=O) groups is 1. The Hall–Kier alpha value is -1.69. The van der Waals surface area contributed by atoms with Crippen molar-refractivity contribution >= 4 is 28.9 Å². The van der Waals surface area contributed by atoms with Crippen molar-refractivity contribution in [3.05, 3.63) is 30.1 Å². The third-order valence-corrected chi connectivity index (χ3v) is 1.96. The topological polar surface area (TPSA) is 53.2 Å². The van der Waals surface area contributed by atoms with Gasteiger partial charge in [-0.2, -0.15) is 0 Å². The summed E-state index contributed by atoms with van der Waals surface area (Å²) in [6, 6.07) is 6.12. The van der Waals surface area contributed by atoms with Crippen LogP contribution >= 0.6 is 12.2 Å². The number of nitrogens with one attached hydrogen (secondary N) is 3. The lowest BCUT2D eigenvalue weighted by Crippen LogP contribution is -2.43. The molecule has 0 aliphatic rings. The number of halogens is 1. The molecule has 0 spiro atoms. The van der Waals surface area contributed by atoms with Gasteiger partial charge < -0.3 is 5.32 Å². The van der Waals surface area contributed by atoms with Crippen LogP contribution in [0.2, 0.25) is 0 Å². The Morgan fingerprint density at radius 3 is 2.69 bits per heavy atom. The van der Waals surface area contributed by atoms with Gasteiger partial charge in [0.15, 0.2) is 5.11 Å². The Morgan fingerprint density at radius 2 is 2.06 bits per heavy atom. The molecule has 3 N–H and O–H groups in total. The SMILES string of the molecule is CCC(=O)NNC(=S)Nc1ccccc1F. The molecular weight excluding hydrogens is 229 g/mol. The summed E-state index contributed by atoms with van der Waals surface area (Å²) in [6.45, 7) is 1.71. The molecule has 1 aromatic rings. The van der Waals surface area contributed by atoms with Crippen molar-refractivity contribution in [1.29, 1.82) is 0 Å². The zero-order chi connectivity index (χ0) is 12.0. The summed E-state index contributed by atoms with van der Waals surface area (Å²) in [5.41, 5.74) is 5.08. The first kappa shape index (κ1) is 12.4. The highest BCUT2D eigenvalue weighted by Crippen LogP contribution is 2.11.